The van der Waals surface area contributed by atoms with Crippen molar-refractivity contribution >= 4 is 29.3 Å². The highest BCUT2D eigenvalue weighted by Gasteiger charge is 2.21. The van der Waals surface area contributed by atoms with Crippen molar-refractivity contribution in [2.45, 2.75) is 18.7 Å². The molecule has 0 bridgehead atoms. The van der Waals surface area contributed by atoms with Gasteiger partial charge in [0.15, 0.2) is 0 Å². The predicted octanol–water partition coefficient (Wildman–Crippen LogP) is 1.43. The molecule has 0 heterocycles. The van der Waals surface area contributed by atoms with Crippen molar-refractivity contribution in [3.63, 3.8) is 0 Å². The van der Waals surface area contributed by atoms with Gasteiger partial charge in [0.05, 0.1) is 17.4 Å². The van der Waals surface area contributed by atoms with Crippen LogP contribution in [-0.2, 0) is 9.59 Å². The summed E-state index contributed by atoms with van der Waals surface area (Å²) >= 11 is 1.30. The summed E-state index contributed by atoms with van der Waals surface area (Å²) in [5, 5.41) is 2.87. The highest BCUT2D eigenvalue weighted by atomic mass is 32.2. The van der Waals surface area contributed by atoms with Crippen LogP contribution in [0.5, 0.6) is 0 Å². The minimum absolute atomic E-state index is 0.102. The zero-order chi connectivity index (χ0) is 15.1. The van der Waals surface area contributed by atoms with Gasteiger partial charge in [0.2, 0.25) is 11.8 Å². The first-order valence-corrected chi connectivity index (χ1v) is 7.45. The number of primary amides is 1. The molecule has 20 heavy (non-hydrogen) atoms. The maximum absolute atomic E-state index is 12.2. The molecular weight excluding hydrogens is 274 g/mol. The van der Waals surface area contributed by atoms with Crippen molar-refractivity contribution in [3.8, 4) is 0 Å². The number of para-hydroxylation sites is 1. The Labute approximate surface area is 123 Å². The van der Waals surface area contributed by atoms with E-state index in [1.807, 2.05) is 32.0 Å². The van der Waals surface area contributed by atoms with Crippen LogP contribution in [0.25, 0.3) is 0 Å². The molecule has 5 N–H and O–H groups in total. The van der Waals surface area contributed by atoms with E-state index in [2.05, 4.69) is 5.32 Å². The average molecular weight is 295 g/mol. The van der Waals surface area contributed by atoms with Gasteiger partial charge < -0.3 is 16.8 Å². The van der Waals surface area contributed by atoms with E-state index in [-0.39, 0.29) is 23.5 Å². The zero-order valence-electron chi connectivity index (χ0n) is 11.8. The number of carbonyl (C=O) groups is 2. The second-order valence-electron chi connectivity index (χ2n) is 4.83. The van der Waals surface area contributed by atoms with E-state index in [0.29, 0.717) is 12.2 Å². The van der Waals surface area contributed by atoms with E-state index in [1.54, 1.807) is 6.07 Å². The molecule has 110 valence electrons. The van der Waals surface area contributed by atoms with Crippen LogP contribution in [0, 0.1) is 11.8 Å². The number of carbonyl (C=O) groups excluding carboxylic acids is 2. The van der Waals surface area contributed by atoms with Crippen molar-refractivity contribution < 1.29 is 9.59 Å². The second-order valence-corrected chi connectivity index (χ2v) is 5.84. The monoisotopic (exact) mass is 295 g/mol. The maximum Gasteiger partial charge on any atom is 0.229 e. The quantitative estimate of drug-likeness (QED) is 0.663. The summed E-state index contributed by atoms with van der Waals surface area (Å²) in [7, 11) is 0. The van der Waals surface area contributed by atoms with Crippen LogP contribution in [0.2, 0.25) is 0 Å². The Morgan fingerprint density at radius 2 is 1.95 bits per heavy atom. The lowest BCUT2D eigenvalue weighted by atomic mass is 9.95. The fourth-order valence-corrected chi connectivity index (χ4v) is 2.50. The number of hydrogen-bond acceptors (Lipinski definition) is 4. The van der Waals surface area contributed by atoms with Crippen LogP contribution in [0.1, 0.15) is 13.8 Å². The largest absolute Gasteiger partial charge is 0.369 e. The molecule has 0 spiro atoms. The smallest absolute Gasteiger partial charge is 0.229 e. The number of rotatable bonds is 7. The summed E-state index contributed by atoms with van der Waals surface area (Å²) in [5.41, 5.74) is 11.5. The Balaban J connectivity index is 2.81. The molecule has 2 amide bonds. The third-order valence-corrected chi connectivity index (χ3v) is 4.01. The van der Waals surface area contributed by atoms with Crippen LogP contribution < -0.4 is 16.8 Å². The van der Waals surface area contributed by atoms with Gasteiger partial charge in [0.1, 0.15) is 0 Å². The van der Waals surface area contributed by atoms with E-state index >= 15 is 0 Å². The van der Waals surface area contributed by atoms with Crippen molar-refractivity contribution in [2.24, 2.45) is 23.3 Å². The highest BCUT2D eigenvalue weighted by Crippen LogP contribution is 2.27. The summed E-state index contributed by atoms with van der Waals surface area (Å²) in [4.78, 5) is 23.8. The SMILES string of the molecule is CC(C)C(CN)C(=O)Nc1ccccc1SCC(N)=O. The number of amides is 2. The van der Waals surface area contributed by atoms with Gasteiger partial charge in [-0.3, -0.25) is 9.59 Å². The fraction of sp³-hybridized carbons (Fsp3) is 0.429. The van der Waals surface area contributed by atoms with Gasteiger partial charge >= 0.3 is 0 Å². The summed E-state index contributed by atoms with van der Waals surface area (Å²) in [6.45, 7) is 4.23. The van der Waals surface area contributed by atoms with Gasteiger partial charge in [0, 0.05) is 11.4 Å². The lowest BCUT2D eigenvalue weighted by molar-refractivity contribution is -0.120. The first-order valence-electron chi connectivity index (χ1n) is 6.46. The molecular formula is C14H21N3O2S. The third-order valence-electron chi connectivity index (χ3n) is 2.91. The molecule has 0 radical (unpaired) electrons. The van der Waals surface area contributed by atoms with Crippen LogP contribution in [0.15, 0.2) is 29.2 Å². The molecule has 0 aliphatic carbocycles. The molecule has 0 aromatic heterocycles. The minimum atomic E-state index is -0.391. The number of benzene rings is 1. The van der Waals surface area contributed by atoms with Crippen LogP contribution in [-0.4, -0.2) is 24.1 Å². The van der Waals surface area contributed by atoms with E-state index in [4.69, 9.17) is 11.5 Å². The number of nitrogens with two attached hydrogens (primary N) is 2. The second kappa shape index (κ2) is 7.91. The van der Waals surface area contributed by atoms with Crippen molar-refractivity contribution in [3.05, 3.63) is 24.3 Å². The fourth-order valence-electron chi connectivity index (χ4n) is 1.75. The number of thioether (sulfide) groups is 1. The summed E-state index contributed by atoms with van der Waals surface area (Å²) in [6, 6.07) is 7.32. The first kappa shape index (κ1) is 16.5. The summed E-state index contributed by atoms with van der Waals surface area (Å²) in [6.07, 6.45) is 0. The predicted molar refractivity (Wildman–Crippen MR) is 82.4 cm³/mol. The molecule has 1 atom stereocenters. The summed E-state index contributed by atoms with van der Waals surface area (Å²) < 4.78 is 0. The van der Waals surface area contributed by atoms with Crippen LogP contribution in [0.4, 0.5) is 5.69 Å². The maximum atomic E-state index is 12.2. The Morgan fingerprint density at radius 1 is 1.30 bits per heavy atom. The molecule has 6 heteroatoms. The summed E-state index contributed by atoms with van der Waals surface area (Å²) in [5.74, 6) is -0.375. The van der Waals surface area contributed by atoms with Gasteiger partial charge in [-0.15, -0.1) is 11.8 Å². The molecule has 0 aliphatic heterocycles. The standard InChI is InChI=1S/C14H21N3O2S/c1-9(2)10(7-15)14(19)17-11-5-3-4-6-12(11)20-8-13(16)18/h3-6,9-10H,7-8,15H2,1-2H3,(H2,16,18)(H,17,19). The van der Waals surface area contributed by atoms with Gasteiger partial charge in [0.25, 0.3) is 0 Å². The van der Waals surface area contributed by atoms with Gasteiger partial charge in [-0.05, 0) is 18.1 Å². The normalized spacial score (nSPS) is 12.2. The van der Waals surface area contributed by atoms with Gasteiger partial charge in [-0.2, -0.15) is 0 Å². The number of nitrogens with one attached hydrogen (secondary N) is 1. The van der Waals surface area contributed by atoms with Crippen molar-refractivity contribution in [2.75, 3.05) is 17.6 Å². The Kier molecular flexibility index (Phi) is 6.54. The van der Waals surface area contributed by atoms with E-state index in [1.165, 1.54) is 11.8 Å². The van der Waals surface area contributed by atoms with Crippen LogP contribution in [0.3, 0.4) is 0 Å². The molecule has 1 rings (SSSR count). The lowest BCUT2D eigenvalue weighted by Gasteiger charge is -2.19. The molecule has 0 saturated heterocycles. The van der Waals surface area contributed by atoms with Crippen molar-refractivity contribution in [1.82, 2.24) is 0 Å². The molecule has 0 saturated carbocycles. The number of anilines is 1. The lowest BCUT2D eigenvalue weighted by Crippen LogP contribution is -2.33. The van der Waals surface area contributed by atoms with E-state index < -0.39 is 5.91 Å². The molecule has 1 aromatic rings. The van der Waals surface area contributed by atoms with Crippen LogP contribution >= 0.6 is 11.8 Å². The van der Waals surface area contributed by atoms with E-state index in [9.17, 15) is 9.59 Å². The minimum Gasteiger partial charge on any atom is -0.369 e. The molecule has 1 unspecified atom stereocenters. The molecule has 0 aliphatic rings. The zero-order valence-corrected chi connectivity index (χ0v) is 12.6. The third kappa shape index (κ3) is 4.86. The van der Waals surface area contributed by atoms with Crippen molar-refractivity contribution in [1.29, 1.82) is 0 Å². The molecule has 5 nitrogen and oxygen atoms in total. The Hall–Kier alpha value is -1.53. The van der Waals surface area contributed by atoms with Gasteiger partial charge in [-0.25, -0.2) is 0 Å². The Bertz CT molecular complexity index is 477. The highest BCUT2D eigenvalue weighted by molar-refractivity contribution is 8.00. The van der Waals surface area contributed by atoms with Gasteiger partial charge in [-0.1, -0.05) is 26.0 Å². The Morgan fingerprint density at radius 3 is 2.50 bits per heavy atom. The average Bonchev–Trinajstić information content (AvgIpc) is 2.38. The first-order chi connectivity index (χ1) is 9.45. The molecule has 0 fully saturated rings. The number of hydrogen-bond donors (Lipinski definition) is 3. The van der Waals surface area contributed by atoms with E-state index in [0.717, 1.165) is 4.90 Å². The topological polar surface area (TPSA) is 98.2 Å². The molecule has 1 aromatic carbocycles.